The second-order valence-corrected chi connectivity index (χ2v) is 5.24. The molecule has 0 saturated heterocycles. The molecule has 0 aliphatic heterocycles. The van der Waals surface area contributed by atoms with E-state index in [0.717, 1.165) is 4.47 Å². The van der Waals surface area contributed by atoms with Crippen molar-refractivity contribution < 1.29 is 9.90 Å². The molecule has 0 spiro atoms. The zero-order valence-corrected chi connectivity index (χ0v) is 11.2. The lowest BCUT2D eigenvalue weighted by Crippen LogP contribution is -1.84. The zero-order chi connectivity index (χ0) is 12.0. The van der Waals surface area contributed by atoms with Gasteiger partial charge in [0.1, 0.15) is 5.75 Å². The first-order valence-electron chi connectivity index (χ1n) is 4.70. The van der Waals surface area contributed by atoms with Gasteiger partial charge in [0.05, 0.1) is 5.56 Å². The third-order valence-corrected chi connectivity index (χ3v) is 3.02. The molecule has 0 unspecified atom stereocenters. The van der Waals surface area contributed by atoms with Crippen molar-refractivity contribution in [1.82, 2.24) is 0 Å². The molecule has 1 N–H and O–H groups in total. The monoisotopic (exact) mass is 298 g/mol. The molecule has 0 aliphatic carbocycles. The fraction of sp³-hybridized carbons (Fsp3) is 0.250. The summed E-state index contributed by atoms with van der Waals surface area (Å²) in [6, 6.07) is 5.12. The molecule has 0 heterocycles. The summed E-state index contributed by atoms with van der Waals surface area (Å²) < 4.78 is 0.882. The van der Waals surface area contributed by atoms with Crippen LogP contribution in [0.2, 0.25) is 0 Å². The minimum absolute atomic E-state index is 0.104. The molecule has 1 rings (SSSR count). The summed E-state index contributed by atoms with van der Waals surface area (Å²) in [6.45, 7) is 1.54. The highest BCUT2D eigenvalue weighted by molar-refractivity contribution is 9.10. The van der Waals surface area contributed by atoms with Gasteiger partial charge in [-0.3, -0.25) is 4.79 Å². The lowest BCUT2D eigenvalue weighted by Gasteiger charge is -1.96. The van der Waals surface area contributed by atoms with Gasteiger partial charge in [-0.1, -0.05) is 39.5 Å². The van der Waals surface area contributed by atoms with Crippen molar-refractivity contribution >= 4 is 32.8 Å². The van der Waals surface area contributed by atoms with Crippen LogP contribution >= 0.6 is 27.7 Å². The van der Waals surface area contributed by atoms with E-state index in [1.54, 1.807) is 18.2 Å². The molecule has 2 nitrogen and oxygen atoms in total. The van der Waals surface area contributed by atoms with Gasteiger partial charge in [-0.2, -0.15) is 0 Å². The molecule has 0 amide bonds. The van der Waals surface area contributed by atoms with Crippen LogP contribution in [0, 0.1) is 11.8 Å². The smallest absolute Gasteiger partial charge is 0.185 e. The van der Waals surface area contributed by atoms with Gasteiger partial charge < -0.3 is 5.11 Å². The van der Waals surface area contributed by atoms with E-state index in [9.17, 15) is 9.90 Å². The summed E-state index contributed by atoms with van der Waals surface area (Å²) in [4.78, 5) is 10.6. The predicted octanol–water partition coefficient (Wildman–Crippen LogP) is 3.18. The zero-order valence-electron chi connectivity index (χ0n) is 8.79. The Labute approximate surface area is 108 Å². The average Bonchev–Trinajstić information content (AvgIpc) is 2.22. The highest BCUT2D eigenvalue weighted by Crippen LogP contribution is 2.20. The van der Waals surface area contributed by atoms with E-state index in [4.69, 9.17) is 0 Å². The van der Waals surface area contributed by atoms with Crippen LogP contribution in [-0.4, -0.2) is 16.0 Å². The molecule has 0 saturated carbocycles. The molecule has 1 aromatic carbocycles. The largest absolute Gasteiger partial charge is 0.507 e. The number of phenolic OH excluding ortho intramolecular Hbond substituents is 1. The Morgan fingerprint density at radius 3 is 3.00 bits per heavy atom. The Balaban J connectivity index is 2.56. The second kappa shape index (κ2) is 6.62. The predicted molar refractivity (Wildman–Crippen MR) is 70.4 cm³/mol. The number of carbonyl (C=O) groups is 1. The van der Waals surface area contributed by atoms with Crippen LogP contribution in [0.1, 0.15) is 18.9 Å². The fourth-order valence-corrected chi connectivity index (χ4v) is 1.86. The number of hydrogen-bond acceptors (Lipinski definition) is 3. The Morgan fingerprint density at radius 1 is 1.56 bits per heavy atom. The standard InChI is InChI=1S/C12H11BrO2S/c1-9(14)16-7-3-2-4-10-8-11(13)5-6-12(10)15/h5-6,8,15H,3,7H2,1H3. The lowest BCUT2D eigenvalue weighted by molar-refractivity contribution is -0.109. The van der Waals surface area contributed by atoms with Gasteiger partial charge in [0.15, 0.2) is 5.12 Å². The molecule has 0 atom stereocenters. The molecule has 0 bridgehead atoms. The average molecular weight is 299 g/mol. The summed E-state index contributed by atoms with van der Waals surface area (Å²) in [5.41, 5.74) is 0.599. The maximum absolute atomic E-state index is 10.6. The Hall–Kier alpha value is -0.920. The first-order chi connectivity index (χ1) is 7.59. The van der Waals surface area contributed by atoms with Gasteiger partial charge in [-0.25, -0.2) is 0 Å². The van der Waals surface area contributed by atoms with Crippen molar-refractivity contribution in [2.75, 3.05) is 5.75 Å². The highest BCUT2D eigenvalue weighted by atomic mass is 79.9. The van der Waals surface area contributed by atoms with Crippen molar-refractivity contribution in [2.24, 2.45) is 0 Å². The van der Waals surface area contributed by atoms with Gasteiger partial charge in [-0.15, -0.1) is 0 Å². The van der Waals surface area contributed by atoms with Crippen molar-refractivity contribution in [2.45, 2.75) is 13.3 Å². The number of carbonyl (C=O) groups excluding carboxylic acids is 1. The number of halogens is 1. The number of rotatable bonds is 2. The van der Waals surface area contributed by atoms with Crippen LogP contribution in [0.5, 0.6) is 5.75 Å². The van der Waals surface area contributed by atoms with Crippen LogP contribution in [0.3, 0.4) is 0 Å². The van der Waals surface area contributed by atoms with Crippen LogP contribution in [0.25, 0.3) is 0 Å². The number of aromatic hydroxyl groups is 1. The maximum Gasteiger partial charge on any atom is 0.185 e. The van der Waals surface area contributed by atoms with Crippen molar-refractivity contribution in [1.29, 1.82) is 0 Å². The van der Waals surface area contributed by atoms with Crippen LogP contribution in [0.4, 0.5) is 0 Å². The number of hydrogen-bond donors (Lipinski definition) is 1. The van der Waals surface area contributed by atoms with E-state index in [1.165, 1.54) is 18.7 Å². The fourth-order valence-electron chi connectivity index (χ4n) is 1.01. The van der Waals surface area contributed by atoms with Gasteiger partial charge >= 0.3 is 0 Å². The van der Waals surface area contributed by atoms with Crippen LogP contribution < -0.4 is 0 Å². The topological polar surface area (TPSA) is 37.3 Å². The van der Waals surface area contributed by atoms with Gasteiger partial charge in [0.2, 0.25) is 0 Å². The molecule has 4 heteroatoms. The minimum atomic E-state index is 0.104. The molecule has 16 heavy (non-hydrogen) atoms. The SMILES string of the molecule is CC(=O)SCCC#Cc1cc(Br)ccc1O. The number of thioether (sulfide) groups is 1. The summed E-state index contributed by atoms with van der Waals surface area (Å²) in [6.07, 6.45) is 0.635. The van der Waals surface area contributed by atoms with Crippen molar-refractivity contribution in [3.05, 3.63) is 28.2 Å². The first-order valence-corrected chi connectivity index (χ1v) is 6.48. The van der Waals surface area contributed by atoms with E-state index in [0.29, 0.717) is 17.7 Å². The highest BCUT2D eigenvalue weighted by Gasteiger charge is 1.97. The molecular weight excluding hydrogens is 288 g/mol. The lowest BCUT2D eigenvalue weighted by atomic mass is 10.2. The maximum atomic E-state index is 10.6. The molecule has 1 aromatic rings. The third-order valence-electron chi connectivity index (χ3n) is 1.71. The first kappa shape index (κ1) is 13.1. The quantitative estimate of drug-likeness (QED) is 0.673. The molecule has 0 aromatic heterocycles. The second-order valence-electron chi connectivity index (χ2n) is 3.05. The number of phenols is 1. The normalized spacial score (nSPS) is 9.38. The van der Waals surface area contributed by atoms with E-state index in [-0.39, 0.29) is 10.9 Å². The van der Waals surface area contributed by atoms with Gasteiger partial charge in [0, 0.05) is 23.6 Å². The Morgan fingerprint density at radius 2 is 2.31 bits per heavy atom. The summed E-state index contributed by atoms with van der Waals surface area (Å²) in [7, 11) is 0. The molecule has 0 aliphatic rings. The van der Waals surface area contributed by atoms with Crippen molar-refractivity contribution in [3.8, 4) is 17.6 Å². The van der Waals surface area contributed by atoms with E-state index >= 15 is 0 Å². The summed E-state index contributed by atoms with van der Waals surface area (Å²) >= 11 is 4.57. The van der Waals surface area contributed by atoms with E-state index in [1.807, 2.05) is 0 Å². The van der Waals surface area contributed by atoms with Crippen LogP contribution in [0.15, 0.2) is 22.7 Å². The Bertz CT molecular complexity index is 446. The van der Waals surface area contributed by atoms with Gasteiger partial charge in [0.25, 0.3) is 0 Å². The summed E-state index contributed by atoms with van der Waals surface area (Å²) in [5, 5.41) is 9.60. The molecule has 0 fully saturated rings. The minimum Gasteiger partial charge on any atom is -0.507 e. The third kappa shape index (κ3) is 4.73. The van der Waals surface area contributed by atoms with Crippen molar-refractivity contribution in [3.63, 3.8) is 0 Å². The van der Waals surface area contributed by atoms with E-state index < -0.39 is 0 Å². The molecule has 0 radical (unpaired) electrons. The van der Waals surface area contributed by atoms with E-state index in [2.05, 4.69) is 27.8 Å². The summed E-state index contributed by atoms with van der Waals surface area (Å²) in [5.74, 6) is 6.66. The number of benzene rings is 1. The van der Waals surface area contributed by atoms with Gasteiger partial charge in [-0.05, 0) is 18.2 Å². The van der Waals surface area contributed by atoms with Crippen LogP contribution in [-0.2, 0) is 4.79 Å². The molecule has 84 valence electrons. The molecular formula is C12H11BrO2S. The Kier molecular flexibility index (Phi) is 5.44.